The Hall–Kier alpha value is -9.86. The number of aromatic carboxylic acids is 2. The number of aromatic amines is 2. The second kappa shape index (κ2) is 19.5. The van der Waals surface area contributed by atoms with Crippen LogP contribution in [0.4, 0.5) is 34.1 Å². The van der Waals surface area contributed by atoms with Crippen LogP contribution in [-0.4, -0.2) is 41.7 Å². The highest BCUT2D eigenvalue weighted by Gasteiger charge is 2.20. The summed E-state index contributed by atoms with van der Waals surface area (Å²) in [4.78, 5) is 54.8. The molecule has 0 spiro atoms. The summed E-state index contributed by atoms with van der Waals surface area (Å²) >= 11 is 0. The standard InChI is InChI=1S/C56H40N6O6/c63-53-49(51(55(65)66)57-61(53)47-21-9-3-10-22-47)25-13-15-39-27-31-43(32-28-39)59(41-17-5-1-6-18-41)45-35-37-46(38-36-45)60(42-19-7-2-8-20-42)44-33-29-40(30-34-44)16-14-26-50-52(56(67)68)58-62(54(50)64)48-23-11-4-12-24-48/h1-12,15-38,57-58H,(H,65,66)(H,67,68). The molecule has 0 amide bonds. The summed E-state index contributed by atoms with van der Waals surface area (Å²) in [6.07, 6.45) is 6.15. The van der Waals surface area contributed by atoms with Crippen molar-refractivity contribution < 1.29 is 19.8 Å². The number of nitrogens with one attached hydrogen (secondary N) is 2. The molecule has 0 saturated carbocycles. The van der Waals surface area contributed by atoms with Crippen LogP contribution in [0.2, 0.25) is 0 Å². The van der Waals surface area contributed by atoms with Crippen molar-refractivity contribution in [1.29, 1.82) is 0 Å². The molecule has 9 rings (SSSR count). The lowest BCUT2D eigenvalue weighted by atomic mass is 10.1. The molecule has 9 aromatic rings. The second-order valence-corrected chi connectivity index (χ2v) is 15.3. The molecule has 12 heteroatoms. The van der Waals surface area contributed by atoms with Gasteiger partial charge in [-0.2, -0.15) is 0 Å². The van der Waals surface area contributed by atoms with Gasteiger partial charge in [0.2, 0.25) is 0 Å². The summed E-state index contributed by atoms with van der Waals surface area (Å²) in [5, 5.41) is 25.0. The molecule has 0 radical (unpaired) electrons. The highest BCUT2D eigenvalue weighted by Crippen LogP contribution is 2.39. The van der Waals surface area contributed by atoms with Crippen molar-refractivity contribution in [1.82, 2.24) is 19.6 Å². The van der Waals surface area contributed by atoms with Gasteiger partial charge in [0.25, 0.3) is 11.1 Å². The van der Waals surface area contributed by atoms with E-state index < -0.39 is 23.1 Å². The molecular weight excluding hydrogens is 853 g/mol. The van der Waals surface area contributed by atoms with Crippen LogP contribution in [0.3, 0.4) is 0 Å². The number of carboxylic acid groups (broad SMARTS) is 2. The van der Waals surface area contributed by atoms with Gasteiger partial charge in [-0.15, -0.1) is 11.5 Å². The van der Waals surface area contributed by atoms with E-state index in [9.17, 15) is 29.4 Å². The molecule has 2 heterocycles. The molecule has 0 aliphatic heterocycles. The van der Waals surface area contributed by atoms with Crippen LogP contribution >= 0.6 is 0 Å². The normalized spacial score (nSPS) is 10.6. The number of hydrogen-bond acceptors (Lipinski definition) is 6. The van der Waals surface area contributed by atoms with Crippen LogP contribution in [0, 0.1) is 0 Å². The van der Waals surface area contributed by atoms with Crippen LogP contribution < -0.4 is 20.9 Å². The predicted molar refractivity (Wildman–Crippen MR) is 267 cm³/mol. The van der Waals surface area contributed by atoms with Gasteiger partial charge in [0, 0.05) is 34.1 Å². The van der Waals surface area contributed by atoms with Crippen molar-refractivity contribution in [3.8, 4) is 11.4 Å². The van der Waals surface area contributed by atoms with Gasteiger partial charge in [-0.1, -0.05) is 97.1 Å². The average Bonchev–Trinajstić information content (AvgIpc) is 3.89. The number of benzene rings is 7. The molecule has 0 bridgehead atoms. The Labute approximate surface area is 389 Å². The Morgan fingerprint density at radius 3 is 0.985 bits per heavy atom. The minimum Gasteiger partial charge on any atom is -0.477 e. The lowest BCUT2D eigenvalue weighted by Gasteiger charge is -2.28. The number of anilines is 6. The first-order valence-electron chi connectivity index (χ1n) is 21.4. The van der Waals surface area contributed by atoms with Crippen molar-refractivity contribution in [2.24, 2.45) is 0 Å². The zero-order valence-electron chi connectivity index (χ0n) is 36.1. The van der Waals surface area contributed by atoms with Gasteiger partial charge in [-0.05, 0) is 132 Å². The second-order valence-electron chi connectivity index (χ2n) is 15.3. The smallest absolute Gasteiger partial charge is 0.354 e. The molecule has 12 nitrogen and oxygen atoms in total. The van der Waals surface area contributed by atoms with Crippen molar-refractivity contribution >= 4 is 70.4 Å². The highest BCUT2D eigenvalue weighted by atomic mass is 16.4. The molecule has 0 unspecified atom stereocenters. The van der Waals surface area contributed by atoms with E-state index in [0.29, 0.717) is 11.4 Å². The number of para-hydroxylation sites is 4. The van der Waals surface area contributed by atoms with Crippen molar-refractivity contribution in [3.63, 3.8) is 0 Å². The van der Waals surface area contributed by atoms with E-state index in [1.165, 1.54) is 21.5 Å². The molecule has 7 aromatic carbocycles. The van der Waals surface area contributed by atoms with Crippen LogP contribution in [0.15, 0.2) is 215 Å². The molecular formula is C56H40N6O6. The molecule has 0 aliphatic rings. The van der Waals surface area contributed by atoms with Crippen molar-refractivity contribution in [2.75, 3.05) is 9.80 Å². The van der Waals surface area contributed by atoms with Gasteiger partial charge in [0.1, 0.15) is 0 Å². The van der Waals surface area contributed by atoms with E-state index in [-0.39, 0.29) is 22.5 Å². The Morgan fingerprint density at radius 1 is 0.397 bits per heavy atom. The van der Waals surface area contributed by atoms with E-state index in [0.717, 1.165) is 45.3 Å². The van der Waals surface area contributed by atoms with Crippen molar-refractivity contribution in [2.45, 2.75) is 0 Å². The Kier molecular flexibility index (Phi) is 12.4. The number of aromatic nitrogens is 4. The number of carbonyl (C=O) groups is 2. The highest BCUT2D eigenvalue weighted by molar-refractivity contribution is 5.91. The molecule has 0 saturated heterocycles. The average molecular weight is 893 g/mol. The van der Waals surface area contributed by atoms with Crippen LogP contribution in [0.1, 0.15) is 43.2 Å². The molecule has 0 aliphatic carbocycles. The van der Waals surface area contributed by atoms with Gasteiger partial charge in [-0.3, -0.25) is 19.8 Å². The van der Waals surface area contributed by atoms with Gasteiger partial charge < -0.3 is 20.0 Å². The minimum absolute atomic E-state index is 0.0124. The SMILES string of the molecule is O=C(O)c1[nH]n(-c2ccccc2)c(=O)c1C=C=Cc1ccc(N(c2ccccc2)c2ccc(N(c3ccccc3)c3ccc(C=C=Cc4c(C(=O)O)[nH]n(-c5ccccc5)c4=O)cc3)cc2)cc1. The number of carboxylic acids is 2. The Balaban J connectivity index is 0.979. The quantitative estimate of drug-likeness (QED) is 0.0786. The van der Waals surface area contributed by atoms with Crippen LogP contribution in [-0.2, 0) is 0 Å². The molecule has 0 fully saturated rings. The molecule has 68 heavy (non-hydrogen) atoms. The zero-order valence-corrected chi connectivity index (χ0v) is 36.1. The molecule has 2 aromatic heterocycles. The Morgan fingerprint density at radius 2 is 0.676 bits per heavy atom. The third-order valence-corrected chi connectivity index (χ3v) is 11.0. The van der Waals surface area contributed by atoms with Crippen LogP contribution in [0.25, 0.3) is 35.7 Å². The predicted octanol–water partition coefficient (Wildman–Crippen LogP) is 11.6. The Bertz CT molecular complexity index is 3250. The van der Waals surface area contributed by atoms with Gasteiger partial charge in [-0.25, -0.2) is 19.0 Å². The maximum Gasteiger partial charge on any atom is 0.354 e. The van der Waals surface area contributed by atoms with Crippen LogP contribution in [0.5, 0.6) is 0 Å². The van der Waals surface area contributed by atoms with E-state index in [1.807, 2.05) is 121 Å². The third kappa shape index (κ3) is 9.21. The maximum atomic E-state index is 13.2. The van der Waals surface area contributed by atoms with Crippen molar-refractivity contribution in [3.05, 3.63) is 260 Å². The summed E-state index contributed by atoms with van der Waals surface area (Å²) in [5.41, 5.74) is 12.7. The van der Waals surface area contributed by atoms with Gasteiger partial charge in [0.15, 0.2) is 11.4 Å². The largest absolute Gasteiger partial charge is 0.477 e. The first kappa shape index (κ1) is 43.4. The van der Waals surface area contributed by atoms with E-state index >= 15 is 0 Å². The summed E-state index contributed by atoms with van der Waals surface area (Å²) in [5.74, 6) is -2.51. The summed E-state index contributed by atoms with van der Waals surface area (Å²) in [7, 11) is 0. The lowest BCUT2D eigenvalue weighted by Crippen LogP contribution is -2.15. The summed E-state index contributed by atoms with van der Waals surface area (Å²) in [6, 6.07) is 61.5. The number of hydrogen-bond donors (Lipinski definition) is 4. The van der Waals surface area contributed by atoms with E-state index in [1.54, 1.807) is 60.7 Å². The fraction of sp³-hybridized carbons (Fsp3) is 0. The van der Waals surface area contributed by atoms with E-state index in [4.69, 9.17) is 0 Å². The third-order valence-electron chi connectivity index (χ3n) is 11.0. The first-order chi connectivity index (χ1) is 33.2. The van der Waals surface area contributed by atoms with Gasteiger partial charge >= 0.3 is 11.9 Å². The topological polar surface area (TPSA) is 157 Å². The lowest BCUT2D eigenvalue weighted by molar-refractivity contribution is 0.0679. The fourth-order valence-corrected chi connectivity index (χ4v) is 7.69. The summed E-state index contributed by atoms with van der Waals surface area (Å²) < 4.78 is 2.40. The minimum atomic E-state index is -1.25. The molecule has 4 N–H and O–H groups in total. The summed E-state index contributed by atoms with van der Waals surface area (Å²) in [6.45, 7) is 0. The zero-order chi connectivity index (χ0) is 47.0. The number of rotatable bonds is 14. The van der Waals surface area contributed by atoms with Gasteiger partial charge in [0.05, 0.1) is 22.5 Å². The number of H-pyrrole nitrogens is 2. The molecule has 330 valence electrons. The first-order valence-corrected chi connectivity index (χ1v) is 21.4. The molecule has 0 atom stereocenters. The monoisotopic (exact) mass is 892 g/mol. The maximum absolute atomic E-state index is 13.2. The van der Waals surface area contributed by atoms with E-state index in [2.05, 4.69) is 55.7 Å². The fourth-order valence-electron chi connectivity index (χ4n) is 7.69. The number of nitrogens with zero attached hydrogens (tertiary/aromatic N) is 4.